The van der Waals surface area contributed by atoms with Gasteiger partial charge in [-0.05, 0) is 12.0 Å². The summed E-state index contributed by atoms with van der Waals surface area (Å²) < 4.78 is 5.10. The maximum absolute atomic E-state index is 5.88. The van der Waals surface area contributed by atoms with Gasteiger partial charge >= 0.3 is 0 Å². The number of hydrogen-bond donors (Lipinski definition) is 1. The van der Waals surface area contributed by atoms with E-state index in [1.165, 1.54) is 5.56 Å². The van der Waals surface area contributed by atoms with Crippen LogP contribution in [0.4, 0.5) is 0 Å². The highest BCUT2D eigenvalue weighted by Crippen LogP contribution is 2.13. The molecule has 0 saturated heterocycles. The van der Waals surface area contributed by atoms with E-state index in [4.69, 9.17) is 10.5 Å². The molecule has 92 valence electrons. The number of aliphatic imine (C=N–C) groups is 1. The molecular weight excluding hydrogens is 214 g/mol. The van der Waals surface area contributed by atoms with Gasteiger partial charge < -0.3 is 15.4 Å². The summed E-state index contributed by atoms with van der Waals surface area (Å²) in [7, 11) is 1.70. The molecule has 2 rings (SSSR count). The molecule has 0 fully saturated rings. The minimum atomic E-state index is 0.368. The third-order valence-corrected chi connectivity index (χ3v) is 3.05. The van der Waals surface area contributed by atoms with Crippen LogP contribution in [0.1, 0.15) is 5.56 Å². The predicted molar refractivity (Wildman–Crippen MR) is 69.0 cm³/mol. The first kappa shape index (κ1) is 11.9. The van der Waals surface area contributed by atoms with Crippen LogP contribution in [-0.2, 0) is 11.2 Å². The van der Waals surface area contributed by atoms with Gasteiger partial charge in [-0.1, -0.05) is 30.3 Å². The number of ether oxygens (including phenoxy) is 1. The molecule has 0 aliphatic carbocycles. The summed E-state index contributed by atoms with van der Waals surface area (Å²) in [6, 6.07) is 10.8. The fourth-order valence-electron chi connectivity index (χ4n) is 2.12. The van der Waals surface area contributed by atoms with Crippen molar-refractivity contribution in [1.29, 1.82) is 0 Å². The fourth-order valence-corrected chi connectivity index (χ4v) is 2.12. The minimum Gasteiger partial charge on any atom is -0.383 e. The highest BCUT2D eigenvalue weighted by molar-refractivity contribution is 5.80. The number of hydrogen-bond acceptors (Lipinski definition) is 4. The molecule has 1 unspecified atom stereocenters. The van der Waals surface area contributed by atoms with Crippen LogP contribution in [-0.4, -0.2) is 43.7 Å². The van der Waals surface area contributed by atoms with E-state index in [2.05, 4.69) is 34.2 Å². The van der Waals surface area contributed by atoms with E-state index in [1.807, 2.05) is 6.07 Å². The summed E-state index contributed by atoms with van der Waals surface area (Å²) in [5, 5.41) is 0. The van der Waals surface area contributed by atoms with Gasteiger partial charge in [0.2, 0.25) is 0 Å². The SMILES string of the molecule is COCCN1C(N)=NCC1Cc1ccccc1. The number of nitrogens with zero attached hydrogens (tertiary/aromatic N) is 2. The number of nitrogens with two attached hydrogens (primary N) is 1. The molecule has 1 aliphatic heterocycles. The Morgan fingerprint density at radius 2 is 2.18 bits per heavy atom. The molecule has 17 heavy (non-hydrogen) atoms. The summed E-state index contributed by atoms with van der Waals surface area (Å²) >= 11 is 0. The largest absolute Gasteiger partial charge is 0.383 e. The lowest BCUT2D eigenvalue weighted by atomic mass is 10.1. The van der Waals surface area contributed by atoms with Crippen LogP contribution < -0.4 is 5.73 Å². The van der Waals surface area contributed by atoms with Gasteiger partial charge in [0, 0.05) is 13.7 Å². The van der Waals surface area contributed by atoms with Crippen LogP contribution in [0.3, 0.4) is 0 Å². The van der Waals surface area contributed by atoms with Crippen molar-refractivity contribution < 1.29 is 4.74 Å². The molecule has 0 radical (unpaired) electrons. The second-order valence-electron chi connectivity index (χ2n) is 4.23. The second kappa shape index (κ2) is 5.68. The molecule has 1 heterocycles. The van der Waals surface area contributed by atoms with E-state index >= 15 is 0 Å². The zero-order valence-electron chi connectivity index (χ0n) is 10.2. The first-order valence-electron chi connectivity index (χ1n) is 5.90. The topological polar surface area (TPSA) is 50.9 Å². The van der Waals surface area contributed by atoms with Crippen molar-refractivity contribution in [1.82, 2.24) is 4.90 Å². The van der Waals surface area contributed by atoms with E-state index in [0.717, 1.165) is 19.5 Å². The predicted octanol–water partition coefficient (Wildman–Crippen LogP) is 0.874. The van der Waals surface area contributed by atoms with Gasteiger partial charge in [-0.15, -0.1) is 0 Å². The second-order valence-corrected chi connectivity index (χ2v) is 4.23. The van der Waals surface area contributed by atoms with Gasteiger partial charge in [0.15, 0.2) is 5.96 Å². The summed E-state index contributed by atoms with van der Waals surface area (Å²) in [4.78, 5) is 6.45. The summed E-state index contributed by atoms with van der Waals surface area (Å²) in [5.74, 6) is 0.642. The van der Waals surface area contributed by atoms with Gasteiger partial charge in [-0.2, -0.15) is 0 Å². The first-order valence-corrected chi connectivity index (χ1v) is 5.90. The normalized spacial score (nSPS) is 19.5. The maximum atomic E-state index is 5.88. The Morgan fingerprint density at radius 3 is 2.88 bits per heavy atom. The van der Waals surface area contributed by atoms with E-state index < -0.39 is 0 Å². The molecular formula is C13H19N3O. The lowest BCUT2D eigenvalue weighted by Gasteiger charge is -2.25. The molecule has 4 nitrogen and oxygen atoms in total. The Balaban J connectivity index is 1.96. The van der Waals surface area contributed by atoms with Crippen molar-refractivity contribution in [2.45, 2.75) is 12.5 Å². The Kier molecular flexibility index (Phi) is 3.98. The van der Waals surface area contributed by atoms with Crippen molar-refractivity contribution in [3.05, 3.63) is 35.9 Å². The van der Waals surface area contributed by atoms with Crippen LogP contribution in [0, 0.1) is 0 Å². The lowest BCUT2D eigenvalue weighted by Crippen LogP contribution is -2.43. The molecule has 1 aromatic carbocycles. The summed E-state index contributed by atoms with van der Waals surface area (Å²) in [6.45, 7) is 2.27. The van der Waals surface area contributed by atoms with Gasteiger partial charge in [0.1, 0.15) is 0 Å². The van der Waals surface area contributed by atoms with Crippen LogP contribution in [0.25, 0.3) is 0 Å². The molecule has 1 aromatic rings. The fraction of sp³-hybridized carbons (Fsp3) is 0.462. The molecule has 0 amide bonds. The van der Waals surface area contributed by atoms with Crippen molar-refractivity contribution in [2.75, 3.05) is 26.8 Å². The number of rotatable bonds is 5. The van der Waals surface area contributed by atoms with E-state index in [1.54, 1.807) is 7.11 Å². The number of benzene rings is 1. The van der Waals surface area contributed by atoms with Crippen molar-refractivity contribution >= 4 is 5.96 Å². The molecule has 0 bridgehead atoms. The highest BCUT2D eigenvalue weighted by Gasteiger charge is 2.25. The molecule has 0 spiro atoms. The molecule has 0 aromatic heterocycles. The Labute approximate surface area is 102 Å². The first-order chi connectivity index (χ1) is 8.31. The molecule has 4 heteroatoms. The quantitative estimate of drug-likeness (QED) is 0.821. The smallest absolute Gasteiger partial charge is 0.191 e. The minimum absolute atomic E-state index is 0.368. The Bertz CT molecular complexity index is 378. The number of methoxy groups -OCH3 is 1. The van der Waals surface area contributed by atoms with Gasteiger partial charge in [0.05, 0.1) is 19.2 Å². The molecule has 1 atom stereocenters. The molecule has 1 aliphatic rings. The van der Waals surface area contributed by atoms with E-state index in [0.29, 0.717) is 18.6 Å². The summed E-state index contributed by atoms with van der Waals surface area (Å²) in [5.41, 5.74) is 7.21. The molecule has 0 saturated carbocycles. The average molecular weight is 233 g/mol. The average Bonchev–Trinajstić information content (AvgIpc) is 2.69. The van der Waals surface area contributed by atoms with Crippen LogP contribution >= 0.6 is 0 Å². The van der Waals surface area contributed by atoms with Crippen LogP contribution in [0.5, 0.6) is 0 Å². The van der Waals surface area contributed by atoms with Gasteiger partial charge in [0.25, 0.3) is 0 Å². The zero-order valence-corrected chi connectivity index (χ0v) is 10.2. The van der Waals surface area contributed by atoms with Gasteiger partial charge in [-0.3, -0.25) is 4.99 Å². The van der Waals surface area contributed by atoms with Crippen LogP contribution in [0.2, 0.25) is 0 Å². The maximum Gasteiger partial charge on any atom is 0.191 e. The summed E-state index contributed by atoms with van der Waals surface area (Å²) in [6.07, 6.45) is 0.981. The van der Waals surface area contributed by atoms with E-state index in [9.17, 15) is 0 Å². The monoisotopic (exact) mass is 233 g/mol. The Morgan fingerprint density at radius 1 is 1.41 bits per heavy atom. The van der Waals surface area contributed by atoms with E-state index in [-0.39, 0.29) is 0 Å². The lowest BCUT2D eigenvalue weighted by molar-refractivity contribution is 0.166. The Hall–Kier alpha value is -1.55. The highest BCUT2D eigenvalue weighted by atomic mass is 16.5. The standard InChI is InChI=1S/C13H19N3O/c1-17-8-7-16-12(10-15-13(16)14)9-11-5-3-2-4-6-11/h2-6,12H,7-10H2,1H3,(H2,14,15). The third kappa shape index (κ3) is 2.97. The van der Waals surface area contributed by atoms with Crippen molar-refractivity contribution in [2.24, 2.45) is 10.7 Å². The van der Waals surface area contributed by atoms with Crippen molar-refractivity contribution in [3.63, 3.8) is 0 Å². The number of guanidine groups is 1. The van der Waals surface area contributed by atoms with Crippen molar-refractivity contribution in [3.8, 4) is 0 Å². The third-order valence-electron chi connectivity index (χ3n) is 3.05. The van der Waals surface area contributed by atoms with Crippen LogP contribution in [0.15, 0.2) is 35.3 Å². The zero-order chi connectivity index (χ0) is 12.1. The van der Waals surface area contributed by atoms with Gasteiger partial charge in [-0.25, -0.2) is 0 Å². The molecule has 2 N–H and O–H groups in total.